The second-order valence-electron chi connectivity index (χ2n) is 3.89. The predicted octanol–water partition coefficient (Wildman–Crippen LogP) is 2.15. The molecule has 0 saturated heterocycles. The van der Waals surface area contributed by atoms with E-state index in [4.69, 9.17) is 10.2 Å². The quantitative estimate of drug-likeness (QED) is 0.737. The number of hydrogen-bond acceptors (Lipinski definition) is 4. The highest BCUT2D eigenvalue weighted by Crippen LogP contribution is 2.11. The third-order valence-corrected chi connectivity index (χ3v) is 2.76. The lowest BCUT2D eigenvalue weighted by Gasteiger charge is -2.01. The molecule has 0 aliphatic carbocycles. The van der Waals surface area contributed by atoms with E-state index in [0.29, 0.717) is 10.7 Å². The van der Waals surface area contributed by atoms with Crippen LogP contribution in [0.15, 0.2) is 41.6 Å². The largest absolute Gasteiger partial charge is 0.478 e. The fourth-order valence-corrected chi connectivity index (χ4v) is 1.69. The average molecular weight is 280 g/mol. The molecular weight excluding hydrogens is 264 g/mol. The molecular formula is C13H16N2O3S. The maximum Gasteiger partial charge on any atom is 0.336 e. The van der Waals surface area contributed by atoms with Gasteiger partial charge in [0, 0.05) is 24.3 Å². The maximum absolute atomic E-state index is 10.4. The zero-order valence-corrected chi connectivity index (χ0v) is 11.6. The Morgan fingerprint density at radius 3 is 2.37 bits per heavy atom. The van der Waals surface area contributed by atoms with Gasteiger partial charge in [0.25, 0.3) is 0 Å². The first-order valence-electron chi connectivity index (χ1n) is 5.60. The number of carboxylic acids is 1. The van der Waals surface area contributed by atoms with Crippen LogP contribution in [0.2, 0.25) is 0 Å². The smallest absolute Gasteiger partial charge is 0.336 e. The number of aliphatic hydroxyl groups is 1. The zero-order chi connectivity index (χ0) is 14.4. The number of aliphatic hydroxyl groups excluding tert-OH is 1. The summed E-state index contributed by atoms with van der Waals surface area (Å²) in [5, 5.41) is 17.5. The molecule has 2 N–H and O–H groups in total. The van der Waals surface area contributed by atoms with Gasteiger partial charge in [-0.25, -0.2) is 9.78 Å². The third kappa shape index (κ3) is 4.42. The second kappa shape index (κ2) is 6.96. The van der Waals surface area contributed by atoms with Crippen molar-refractivity contribution in [2.45, 2.75) is 17.9 Å². The molecule has 2 aromatic rings. The standard InChI is InChI=1S/C7H6O2S.C6H10N2O/c8-7(9)5-3-1-2-4-6(5)10;1-5(9)6-7-3-4-8(6)2/h1-4,10H,(H,8,9);3-5,9H,1-2H3. The Morgan fingerprint density at radius 2 is 2.05 bits per heavy atom. The summed E-state index contributed by atoms with van der Waals surface area (Å²) in [5.74, 6) is -0.236. The van der Waals surface area contributed by atoms with Crippen molar-refractivity contribution >= 4 is 18.6 Å². The molecule has 1 unspecified atom stereocenters. The van der Waals surface area contributed by atoms with Crippen molar-refractivity contribution in [1.29, 1.82) is 0 Å². The van der Waals surface area contributed by atoms with E-state index in [-0.39, 0.29) is 5.56 Å². The van der Waals surface area contributed by atoms with Crippen molar-refractivity contribution in [2.75, 3.05) is 0 Å². The minimum absolute atomic E-state index is 0.242. The minimum atomic E-state index is -0.939. The van der Waals surface area contributed by atoms with Gasteiger partial charge in [-0.1, -0.05) is 12.1 Å². The first kappa shape index (κ1) is 15.3. The van der Waals surface area contributed by atoms with Crippen molar-refractivity contribution < 1.29 is 15.0 Å². The van der Waals surface area contributed by atoms with Crippen LogP contribution in [0.5, 0.6) is 0 Å². The number of nitrogens with zero attached hydrogens (tertiary/aromatic N) is 2. The first-order valence-corrected chi connectivity index (χ1v) is 6.04. The summed E-state index contributed by atoms with van der Waals surface area (Å²) in [7, 11) is 1.86. The Bertz CT molecular complexity index is 552. The number of rotatable bonds is 2. The van der Waals surface area contributed by atoms with Gasteiger partial charge in [0.2, 0.25) is 0 Å². The molecule has 1 atom stereocenters. The van der Waals surface area contributed by atoms with Crippen molar-refractivity contribution in [3.8, 4) is 0 Å². The molecule has 6 heteroatoms. The Balaban J connectivity index is 0.000000191. The molecule has 0 spiro atoms. The fraction of sp³-hybridized carbons (Fsp3) is 0.231. The molecule has 0 bridgehead atoms. The van der Waals surface area contributed by atoms with Crippen LogP contribution in [-0.2, 0) is 7.05 Å². The van der Waals surface area contributed by atoms with Gasteiger partial charge in [-0.3, -0.25) is 0 Å². The van der Waals surface area contributed by atoms with Crippen LogP contribution in [0.25, 0.3) is 0 Å². The van der Waals surface area contributed by atoms with Crippen LogP contribution < -0.4 is 0 Å². The van der Waals surface area contributed by atoms with Crippen molar-refractivity contribution in [3.63, 3.8) is 0 Å². The van der Waals surface area contributed by atoms with Crippen LogP contribution in [0.3, 0.4) is 0 Å². The van der Waals surface area contributed by atoms with E-state index in [0.717, 1.165) is 0 Å². The minimum Gasteiger partial charge on any atom is -0.478 e. The van der Waals surface area contributed by atoms with E-state index in [1.54, 1.807) is 35.9 Å². The van der Waals surface area contributed by atoms with E-state index in [1.165, 1.54) is 6.07 Å². The number of hydrogen-bond donors (Lipinski definition) is 3. The number of thiol groups is 1. The molecule has 102 valence electrons. The fourth-order valence-electron chi connectivity index (χ4n) is 1.43. The summed E-state index contributed by atoms with van der Waals surface area (Å²) in [6.07, 6.45) is 3.01. The summed E-state index contributed by atoms with van der Waals surface area (Å²) in [4.78, 5) is 14.8. The molecule has 0 aliphatic rings. The van der Waals surface area contributed by atoms with Gasteiger partial charge in [-0.05, 0) is 19.1 Å². The SMILES string of the molecule is CC(O)c1nccn1C.O=C(O)c1ccccc1S. The summed E-state index contributed by atoms with van der Waals surface area (Å²) in [6, 6.07) is 6.58. The molecule has 0 radical (unpaired) electrons. The first-order chi connectivity index (χ1) is 8.93. The molecule has 2 rings (SSSR count). The van der Waals surface area contributed by atoms with E-state index < -0.39 is 12.1 Å². The Morgan fingerprint density at radius 1 is 1.42 bits per heavy atom. The Labute approximate surface area is 116 Å². The van der Waals surface area contributed by atoms with Crippen molar-refractivity contribution in [1.82, 2.24) is 9.55 Å². The van der Waals surface area contributed by atoms with Crippen LogP contribution in [0.1, 0.15) is 29.2 Å². The number of imidazole rings is 1. The highest BCUT2D eigenvalue weighted by molar-refractivity contribution is 7.80. The molecule has 0 aliphatic heterocycles. The molecule has 0 amide bonds. The van der Waals surface area contributed by atoms with E-state index in [9.17, 15) is 4.79 Å². The summed E-state index contributed by atoms with van der Waals surface area (Å²) in [6.45, 7) is 1.70. The number of aryl methyl sites for hydroxylation is 1. The van der Waals surface area contributed by atoms with Gasteiger partial charge >= 0.3 is 5.97 Å². The van der Waals surface area contributed by atoms with E-state index in [2.05, 4.69) is 17.6 Å². The number of benzene rings is 1. The van der Waals surface area contributed by atoms with Crippen LogP contribution in [0.4, 0.5) is 0 Å². The molecule has 1 aromatic heterocycles. The zero-order valence-electron chi connectivity index (χ0n) is 10.7. The van der Waals surface area contributed by atoms with Crippen molar-refractivity contribution in [3.05, 3.63) is 48.0 Å². The van der Waals surface area contributed by atoms with Crippen LogP contribution in [-0.4, -0.2) is 25.7 Å². The molecule has 5 nitrogen and oxygen atoms in total. The van der Waals surface area contributed by atoms with Crippen molar-refractivity contribution in [2.24, 2.45) is 7.05 Å². The van der Waals surface area contributed by atoms with Crippen LogP contribution >= 0.6 is 12.6 Å². The number of carbonyl (C=O) groups is 1. The number of carboxylic acid groups (broad SMARTS) is 1. The van der Waals surface area contributed by atoms with Gasteiger partial charge in [0.15, 0.2) is 0 Å². The molecule has 0 fully saturated rings. The lowest BCUT2D eigenvalue weighted by atomic mass is 10.2. The van der Waals surface area contributed by atoms with Gasteiger partial charge in [-0.2, -0.15) is 0 Å². The van der Waals surface area contributed by atoms with Gasteiger partial charge in [0.05, 0.1) is 5.56 Å². The average Bonchev–Trinajstić information content (AvgIpc) is 2.76. The third-order valence-electron chi connectivity index (χ3n) is 2.37. The summed E-state index contributed by atoms with van der Waals surface area (Å²) in [5.41, 5.74) is 0.242. The van der Waals surface area contributed by atoms with Gasteiger partial charge in [0.1, 0.15) is 11.9 Å². The lowest BCUT2D eigenvalue weighted by Crippen LogP contribution is -2.00. The maximum atomic E-state index is 10.4. The van der Waals surface area contributed by atoms with Crippen LogP contribution in [0, 0.1) is 0 Å². The Kier molecular flexibility index (Phi) is 5.59. The molecule has 1 aromatic carbocycles. The monoisotopic (exact) mass is 280 g/mol. The highest BCUT2D eigenvalue weighted by atomic mass is 32.1. The number of aromatic nitrogens is 2. The normalized spacial score (nSPS) is 11.4. The Hall–Kier alpha value is -1.79. The molecule has 0 saturated carbocycles. The summed E-state index contributed by atoms with van der Waals surface area (Å²) < 4.78 is 1.80. The van der Waals surface area contributed by atoms with E-state index >= 15 is 0 Å². The molecule has 19 heavy (non-hydrogen) atoms. The molecule has 1 heterocycles. The lowest BCUT2D eigenvalue weighted by molar-refractivity contribution is 0.0693. The van der Waals surface area contributed by atoms with Gasteiger partial charge in [-0.15, -0.1) is 12.6 Å². The van der Waals surface area contributed by atoms with Gasteiger partial charge < -0.3 is 14.8 Å². The number of aromatic carboxylic acids is 1. The predicted molar refractivity (Wildman–Crippen MR) is 74.5 cm³/mol. The topological polar surface area (TPSA) is 75.4 Å². The highest BCUT2D eigenvalue weighted by Gasteiger charge is 2.04. The van der Waals surface area contributed by atoms with E-state index in [1.807, 2.05) is 13.2 Å². The second-order valence-corrected chi connectivity index (χ2v) is 4.38. The summed E-state index contributed by atoms with van der Waals surface area (Å²) >= 11 is 3.96.